The van der Waals surface area contributed by atoms with Crippen molar-refractivity contribution >= 4 is 11.8 Å². The minimum atomic E-state index is 0.0140. The second-order valence-electron chi connectivity index (χ2n) is 8.71. The highest BCUT2D eigenvalue weighted by molar-refractivity contribution is 5.79. The van der Waals surface area contributed by atoms with Crippen LogP contribution in [0, 0.1) is 5.92 Å². The Morgan fingerprint density at radius 2 is 1.90 bits per heavy atom. The van der Waals surface area contributed by atoms with Crippen molar-refractivity contribution in [1.29, 1.82) is 0 Å². The Morgan fingerprint density at radius 3 is 2.63 bits per heavy atom. The van der Waals surface area contributed by atoms with E-state index in [1.165, 1.54) is 36.0 Å². The number of amides is 2. The Kier molecular flexibility index (Phi) is 8.70. The standard InChI is InChI=1S/C24H37N3O3/c1-18(21-9-8-19-6-3-4-7-22(19)16-21)26-23(28)17-27-13-10-20(11-14-27)24(29)25-12-5-15-30-2/h8-9,16,18,20H,3-7,10-15,17H2,1-2H3,(H,25,29)(H,26,28). The average Bonchev–Trinajstić information content (AvgIpc) is 2.76. The molecule has 2 amide bonds. The molecule has 1 aliphatic carbocycles. The van der Waals surface area contributed by atoms with Crippen molar-refractivity contribution in [3.63, 3.8) is 0 Å². The molecule has 6 heteroatoms. The van der Waals surface area contributed by atoms with Crippen LogP contribution in [0.3, 0.4) is 0 Å². The van der Waals surface area contributed by atoms with Crippen LogP contribution >= 0.6 is 0 Å². The zero-order valence-electron chi connectivity index (χ0n) is 18.5. The summed E-state index contributed by atoms with van der Waals surface area (Å²) in [4.78, 5) is 27.0. The molecule has 0 aromatic heterocycles. The summed E-state index contributed by atoms with van der Waals surface area (Å²) in [5.41, 5.74) is 4.10. The molecule has 166 valence electrons. The van der Waals surface area contributed by atoms with E-state index in [0.717, 1.165) is 38.8 Å². The van der Waals surface area contributed by atoms with Gasteiger partial charge in [-0.1, -0.05) is 18.2 Å². The molecule has 1 aliphatic heterocycles. The maximum atomic E-state index is 12.6. The zero-order chi connectivity index (χ0) is 21.3. The van der Waals surface area contributed by atoms with E-state index in [9.17, 15) is 9.59 Å². The number of rotatable bonds is 9. The monoisotopic (exact) mass is 415 g/mol. The summed E-state index contributed by atoms with van der Waals surface area (Å²) >= 11 is 0. The highest BCUT2D eigenvalue weighted by Crippen LogP contribution is 2.25. The van der Waals surface area contributed by atoms with Gasteiger partial charge in [-0.15, -0.1) is 0 Å². The summed E-state index contributed by atoms with van der Waals surface area (Å²) in [6.45, 7) is 5.36. The first-order valence-electron chi connectivity index (χ1n) is 11.5. The quantitative estimate of drug-likeness (QED) is 0.608. The number of benzene rings is 1. The molecular weight excluding hydrogens is 378 g/mol. The van der Waals surface area contributed by atoms with Gasteiger partial charge in [-0.05, 0) is 81.6 Å². The molecule has 0 radical (unpaired) electrons. The van der Waals surface area contributed by atoms with Gasteiger partial charge in [-0.25, -0.2) is 0 Å². The van der Waals surface area contributed by atoms with Crippen LogP contribution in [0.5, 0.6) is 0 Å². The Morgan fingerprint density at radius 1 is 1.17 bits per heavy atom. The van der Waals surface area contributed by atoms with E-state index >= 15 is 0 Å². The number of hydrogen-bond acceptors (Lipinski definition) is 4. The molecule has 1 aromatic carbocycles. The predicted octanol–water partition coefficient (Wildman–Crippen LogP) is 2.61. The van der Waals surface area contributed by atoms with Gasteiger partial charge in [0.15, 0.2) is 0 Å². The van der Waals surface area contributed by atoms with E-state index in [1.54, 1.807) is 7.11 Å². The number of piperidine rings is 1. The van der Waals surface area contributed by atoms with Crippen molar-refractivity contribution in [2.24, 2.45) is 5.92 Å². The van der Waals surface area contributed by atoms with Gasteiger partial charge in [-0.3, -0.25) is 14.5 Å². The summed E-state index contributed by atoms with van der Waals surface area (Å²) in [5, 5.41) is 6.14. The third kappa shape index (κ3) is 6.54. The summed E-state index contributed by atoms with van der Waals surface area (Å²) in [7, 11) is 1.67. The third-order valence-electron chi connectivity index (χ3n) is 6.40. The Hall–Kier alpha value is -1.92. The van der Waals surface area contributed by atoms with E-state index in [4.69, 9.17) is 4.74 Å². The van der Waals surface area contributed by atoms with Crippen LogP contribution in [0.15, 0.2) is 18.2 Å². The molecule has 0 spiro atoms. The SMILES string of the molecule is COCCCNC(=O)C1CCN(CC(=O)NC(C)c2ccc3c(c2)CCCC3)CC1. The number of carbonyl (C=O) groups excluding carboxylic acids is 2. The second kappa shape index (κ2) is 11.5. The normalized spacial score (nSPS) is 18.5. The van der Waals surface area contributed by atoms with Crippen LogP contribution < -0.4 is 10.6 Å². The molecule has 1 saturated heterocycles. The van der Waals surface area contributed by atoms with Gasteiger partial charge < -0.3 is 15.4 Å². The van der Waals surface area contributed by atoms with Crippen LogP contribution in [-0.2, 0) is 27.2 Å². The summed E-state index contributed by atoms with van der Waals surface area (Å²) < 4.78 is 5.00. The van der Waals surface area contributed by atoms with Crippen molar-refractivity contribution in [3.05, 3.63) is 34.9 Å². The number of hydrogen-bond donors (Lipinski definition) is 2. The van der Waals surface area contributed by atoms with Crippen molar-refractivity contribution in [1.82, 2.24) is 15.5 Å². The van der Waals surface area contributed by atoms with Gasteiger partial charge in [0.25, 0.3) is 0 Å². The summed E-state index contributed by atoms with van der Waals surface area (Å²) in [6, 6.07) is 6.68. The van der Waals surface area contributed by atoms with E-state index in [1.807, 2.05) is 0 Å². The molecule has 1 unspecified atom stereocenters. The largest absolute Gasteiger partial charge is 0.385 e. The number of methoxy groups -OCH3 is 1. The number of fused-ring (bicyclic) bond motifs is 1. The molecule has 3 rings (SSSR count). The molecule has 1 aromatic rings. The van der Waals surface area contributed by atoms with E-state index in [-0.39, 0.29) is 23.8 Å². The Balaban J connectivity index is 1.39. The first-order chi connectivity index (χ1) is 14.6. The van der Waals surface area contributed by atoms with Crippen molar-refractivity contribution in [2.45, 2.75) is 57.9 Å². The van der Waals surface area contributed by atoms with Crippen LogP contribution in [0.4, 0.5) is 0 Å². The lowest BCUT2D eigenvalue weighted by Crippen LogP contribution is -2.45. The topological polar surface area (TPSA) is 70.7 Å². The predicted molar refractivity (Wildman–Crippen MR) is 118 cm³/mol. The molecule has 30 heavy (non-hydrogen) atoms. The van der Waals surface area contributed by atoms with Crippen molar-refractivity contribution in [2.75, 3.05) is 39.9 Å². The van der Waals surface area contributed by atoms with Gasteiger partial charge in [0, 0.05) is 26.2 Å². The maximum Gasteiger partial charge on any atom is 0.234 e. The molecular formula is C24H37N3O3. The van der Waals surface area contributed by atoms with Crippen LogP contribution in [0.25, 0.3) is 0 Å². The van der Waals surface area contributed by atoms with Gasteiger partial charge in [0.1, 0.15) is 0 Å². The Bertz CT molecular complexity index is 714. The van der Waals surface area contributed by atoms with Crippen molar-refractivity contribution in [3.8, 4) is 0 Å². The molecule has 0 saturated carbocycles. The molecule has 2 aliphatic rings. The number of aryl methyl sites for hydroxylation is 2. The van der Waals surface area contributed by atoms with Crippen molar-refractivity contribution < 1.29 is 14.3 Å². The molecule has 0 bridgehead atoms. The molecule has 6 nitrogen and oxygen atoms in total. The average molecular weight is 416 g/mol. The van der Waals surface area contributed by atoms with E-state index < -0.39 is 0 Å². The first-order valence-corrected chi connectivity index (χ1v) is 11.5. The smallest absolute Gasteiger partial charge is 0.234 e. The van der Waals surface area contributed by atoms with Gasteiger partial charge >= 0.3 is 0 Å². The van der Waals surface area contributed by atoms with Crippen LogP contribution in [0.1, 0.15) is 61.8 Å². The third-order valence-corrected chi connectivity index (χ3v) is 6.40. The molecule has 1 heterocycles. The lowest BCUT2D eigenvalue weighted by molar-refractivity contribution is -0.127. The van der Waals surface area contributed by atoms with E-state index in [0.29, 0.717) is 19.7 Å². The Labute approximate surface area is 180 Å². The molecule has 2 N–H and O–H groups in total. The number of ether oxygens (including phenoxy) is 1. The number of nitrogens with zero attached hydrogens (tertiary/aromatic N) is 1. The lowest BCUT2D eigenvalue weighted by Gasteiger charge is -2.31. The number of likely N-dealkylation sites (tertiary alicyclic amines) is 1. The summed E-state index contributed by atoms with van der Waals surface area (Å²) in [5.74, 6) is 0.250. The summed E-state index contributed by atoms with van der Waals surface area (Å²) in [6.07, 6.45) is 7.33. The minimum absolute atomic E-state index is 0.0140. The van der Waals surface area contributed by atoms with Gasteiger partial charge in [0.05, 0.1) is 12.6 Å². The minimum Gasteiger partial charge on any atom is -0.385 e. The van der Waals surface area contributed by atoms with Gasteiger partial charge in [0.2, 0.25) is 11.8 Å². The fourth-order valence-corrected chi connectivity index (χ4v) is 4.52. The lowest BCUT2D eigenvalue weighted by atomic mass is 9.89. The molecule has 1 fully saturated rings. The molecule has 1 atom stereocenters. The fourth-order valence-electron chi connectivity index (χ4n) is 4.52. The highest BCUT2D eigenvalue weighted by Gasteiger charge is 2.26. The fraction of sp³-hybridized carbons (Fsp3) is 0.667. The first kappa shape index (κ1) is 22.8. The second-order valence-corrected chi connectivity index (χ2v) is 8.71. The van der Waals surface area contributed by atoms with E-state index in [2.05, 4.69) is 40.7 Å². The highest BCUT2D eigenvalue weighted by atomic mass is 16.5. The maximum absolute atomic E-state index is 12.6. The van der Waals surface area contributed by atoms with Crippen LogP contribution in [-0.4, -0.2) is 56.6 Å². The van der Waals surface area contributed by atoms with Gasteiger partial charge in [-0.2, -0.15) is 0 Å². The number of carbonyl (C=O) groups is 2. The zero-order valence-corrected chi connectivity index (χ0v) is 18.5. The number of nitrogens with one attached hydrogen (secondary N) is 2. The van der Waals surface area contributed by atoms with Crippen LogP contribution in [0.2, 0.25) is 0 Å².